The zero-order chi connectivity index (χ0) is 13.1. The lowest BCUT2D eigenvalue weighted by molar-refractivity contribution is 0.0696. The van der Waals surface area contributed by atoms with Gasteiger partial charge in [0.25, 0.3) is 5.91 Å². The topological polar surface area (TPSA) is 36.4 Å². The van der Waals surface area contributed by atoms with E-state index in [1.54, 1.807) is 6.07 Å². The Morgan fingerprint density at radius 2 is 2.28 bits per heavy atom. The van der Waals surface area contributed by atoms with Crippen molar-refractivity contribution < 1.29 is 9.18 Å². The average Bonchev–Trinajstić information content (AvgIpc) is 2.49. The van der Waals surface area contributed by atoms with Crippen molar-refractivity contribution in [3.05, 3.63) is 29.8 Å². The average molecular weight is 251 g/mol. The molecule has 0 saturated carbocycles. The zero-order valence-corrected chi connectivity index (χ0v) is 10.8. The van der Waals surface area contributed by atoms with Crippen molar-refractivity contribution in [1.29, 1.82) is 0 Å². The summed E-state index contributed by atoms with van der Waals surface area (Å²) in [6.45, 7) is 4.57. The summed E-state index contributed by atoms with van der Waals surface area (Å²) in [6, 6.07) is 2.90. The van der Waals surface area contributed by atoms with Crippen molar-refractivity contribution in [1.82, 2.24) is 14.8 Å². The van der Waals surface area contributed by atoms with Gasteiger partial charge >= 0.3 is 0 Å². The summed E-state index contributed by atoms with van der Waals surface area (Å²) in [6.07, 6.45) is 2.28. The Bertz CT molecular complexity index is 438. The predicted octanol–water partition coefficient (Wildman–Crippen LogP) is 1.39. The minimum absolute atomic E-state index is 0.112. The van der Waals surface area contributed by atoms with E-state index in [0.29, 0.717) is 12.1 Å². The Labute approximate surface area is 106 Å². The number of pyridine rings is 1. The van der Waals surface area contributed by atoms with Gasteiger partial charge < -0.3 is 9.80 Å². The van der Waals surface area contributed by atoms with Gasteiger partial charge in [-0.05, 0) is 33.0 Å². The first-order valence-corrected chi connectivity index (χ1v) is 6.19. The second kappa shape index (κ2) is 5.44. The second-order valence-corrected chi connectivity index (χ2v) is 4.83. The molecule has 98 valence electrons. The molecule has 0 radical (unpaired) electrons. The molecular weight excluding hydrogens is 233 g/mol. The fourth-order valence-corrected chi connectivity index (χ4v) is 2.38. The summed E-state index contributed by atoms with van der Waals surface area (Å²) in [4.78, 5) is 19.8. The van der Waals surface area contributed by atoms with Crippen LogP contribution in [0.1, 0.15) is 23.7 Å². The first-order chi connectivity index (χ1) is 8.58. The van der Waals surface area contributed by atoms with Crippen LogP contribution in [0, 0.1) is 5.95 Å². The van der Waals surface area contributed by atoms with Gasteiger partial charge in [0.2, 0.25) is 5.95 Å². The number of carbonyl (C=O) groups excluding carboxylic acids is 1. The van der Waals surface area contributed by atoms with Gasteiger partial charge in [0, 0.05) is 37.0 Å². The van der Waals surface area contributed by atoms with Gasteiger partial charge in [0.1, 0.15) is 0 Å². The number of hydrogen-bond donors (Lipinski definition) is 0. The quantitative estimate of drug-likeness (QED) is 0.708. The van der Waals surface area contributed by atoms with Crippen LogP contribution in [0.3, 0.4) is 0 Å². The highest BCUT2D eigenvalue weighted by Gasteiger charge is 2.25. The lowest BCUT2D eigenvalue weighted by Gasteiger charge is -2.28. The third-order valence-electron chi connectivity index (χ3n) is 3.28. The van der Waals surface area contributed by atoms with Crippen molar-refractivity contribution in [3.8, 4) is 0 Å². The maximum atomic E-state index is 13.0. The van der Waals surface area contributed by atoms with E-state index >= 15 is 0 Å². The van der Waals surface area contributed by atoms with Crippen LogP contribution in [0.15, 0.2) is 18.3 Å². The van der Waals surface area contributed by atoms with Crippen LogP contribution in [0.5, 0.6) is 0 Å². The van der Waals surface area contributed by atoms with Gasteiger partial charge in [-0.3, -0.25) is 4.79 Å². The number of rotatable bonds is 1. The number of amides is 1. The van der Waals surface area contributed by atoms with Gasteiger partial charge in [-0.2, -0.15) is 4.39 Å². The van der Waals surface area contributed by atoms with Gasteiger partial charge in [-0.1, -0.05) is 0 Å². The SMILES string of the molecule is CC1CN(C)CCCN1C(=O)c1ccnc(F)c1. The summed E-state index contributed by atoms with van der Waals surface area (Å²) in [5.74, 6) is -0.723. The number of aromatic nitrogens is 1. The summed E-state index contributed by atoms with van der Waals surface area (Å²) in [5.41, 5.74) is 0.374. The van der Waals surface area contributed by atoms with Gasteiger partial charge in [-0.25, -0.2) is 4.98 Å². The molecular formula is C13H18FN3O. The monoisotopic (exact) mass is 251 g/mol. The molecule has 1 aromatic rings. The summed E-state index contributed by atoms with van der Waals surface area (Å²) in [7, 11) is 2.05. The molecule has 1 fully saturated rings. The molecule has 0 N–H and O–H groups in total. The highest BCUT2D eigenvalue weighted by atomic mass is 19.1. The first kappa shape index (κ1) is 13.0. The molecule has 1 unspecified atom stereocenters. The van der Waals surface area contributed by atoms with E-state index in [2.05, 4.69) is 16.9 Å². The van der Waals surface area contributed by atoms with Crippen LogP contribution < -0.4 is 0 Å². The van der Waals surface area contributed by atoms with Crippen LogP contribution in [0.2, 0.25) is 0 Å². The normalized spacial score (nSPS) is 21.7. The minimum atomic E-state index is -0.611. The Balaban J connectivity index is 2.17. The van der Waals surface area contributed by atoms with E-state index in [-0.39, 0.29) is 11.9 Å². The number of nitrogens with zero attached hydrogens (tertiary/aromatic N) is 3. The second-order valence-electron chi connectivity index (χ2n) is 4.83. The van der Waals surface area contributed by atoms with E-state index in [1.807, 2.05) is 11.8 Å². The molecule has 0 aliphatic carbocycles. The van der Waals surface area contributed by atoms with E-state index < -0.39 is 5.95 Å². The fourth-order valence-electron chi connectivity index (χ4n) is 2.38. The zero-order valence-electron chi connectivity index (χ0n) is 10.8. The highest BCUT2D eigenvalue weighted by Crippen LogP contribution is 2.13. The summed E-state index contributed by atoms with van der Waals surface area (Å²) in [5, 5.41) is 0. The Kier molecular flexibility index (Phi) is 3.91. The number of likely N-dealkylation sites (N-methyl/N-ethyl adjacent to an activating group) is 1. The van der Waals surface area contributed by atoms with Crippen LogP contribution in [0.4, 0.5) is 4.39 Å². The van der Waals surface area contributed by atoms with Crippen molar-refractivity contribution in [3.63, 3.8) is 0 Å². The smallest absolute Gasteiger partial charge is 0.254 e. The largest absolute Gasteiger partial charge is 0.335 e. The maximum Gasteiger partial charge on any atom is 0.254 e. The molecule has 1 atom stereocenters. The molecule has 0 aromatic carbocycles. The van der Waals surface area contributed by atoms with Crippen LogP contribution in [-0.2, 0) is 0 Å². The van der Waals surface area contributed by atoms with E-state index in [4.69, 9.17) is 0 Å². The maximum absolute atomic E-state index is 13.0. The van der Waals surface area contributed by atoms with Crippen molar-refractivity contribution in [2.45, 2.75) is 19.4 Å². The Morgan fingerprint density at radius 3 is 3.00 bits per heavy atom. The van der Waals surface area contributed by atoms with Gasteiger partial charge in [0.05, 0.1) is 0 Å². The van der Waals surface area contributed by atoms with E-state index in [1.165, 1.54) is 12.3 Å². The molecule has 4 nitrogen and oxygen atoms in total. The van der Waals surface area contributed by atoms with Gasteiger partial charge in [0.15, 0.2) is 0 Å². The fraction of sp³-hybridized carbons (Fsp3) is 0.538. The number of hydrogen-bond acceptors (Lipinski definition) is 3. The molecule has 2 heterocycles. The summed E-state index contributed by atoms with van der Waals surface area (Å²) >= 11 is 0. The number of carbonyl (C=O) groups is 1. The lowest BCUT2D eigenvalue weighted by Crippen LogP contribution is -2.42. The molecule has 5 heteroatoms. The van der Waals surface area contributed by atoms with Crippen molar-refractivity contribution >= 4 is 5.91 Å². The standard InChI is InChI=1S/C13H18FN3O/c1-10-9-16(2)6-3-7-17(10)13(18)11-4-5-15-12(14)8-11/h4-5,8,10H,3,6-7,9H2,1-2H3. The molecule has 1 aliphatic rings. The predicted molar refractivity (Wildman–Crippen MR) is 66.8 cm³/mol. The molecule has 1 amide bonds. The van der Waals surface area contributed by atoms with E-state index in [9.17, 15) is 9.18 Å². The Hall–Kier alpha value is -1.49. The first-order valence-electron chi connectivity index (χ1n) is 6.19. The molecule has 2 rings (SSSR count). The third kappa shape index (κ3) is 2.85. The molecule has 1 aliphatic heterocycles. The van der Waals surface area contributed by atoms with Crippen molar-refractivity contribution in [2.75, 3.05) is 26.7 Å². The van der Waals surface area contributed by atoms with Crippen LogP contribution in [0.25, 0.3) is 0 Å². The molecule has 18 heavy (non-hydrogen) atoms. The van der Waals surface area contributed by atoms with Crippen LogP contribution >= 0.6 is 0 Å². The third-order valence-corrected chi connectivity index (χ3v) is 3.28. The number of halogens is 1. The Morgan fingerprint density at radius 1 is 1.50 bits per heavy atom. The molecule has 1 aromatic heterocycles. The molecule has 1 saturated heterocycles. The summed E-state index contributed by atoms with van der Waals surface area (Å²) < 4.78 is 13.0. The lowest BCUT2D eigenvalue weighted by atomic mass is 10.2. The van der Waals surface area contributed by atoms with E-state index in [0.717, 1.165) is 19.5 Å². The molecule has 0 bridgehead atoms. The highest BCUT2D eigenvalue weighted by molar-refractivity contribution is 5.94. The molecule has 0 spiro atoms. The van der Waals surface area contributed by atoms with Crippen molar-refractivity contribution in [2.24, 2.45) is 0 Å². The van der Waals surface area contributed by atoms with Crippen LogP contribution in [-0.4, -0.2) is 53.4 Å². The minimum Gasteiger partial charge on any atom is -0.335 e. The van der Waals surface area contributed by atoms with Gasteiger partial charge in [-0.15, -0.1) is 0 Å².